The SMILES string of the molecule is CCOCC(C)NC1CCCN(C)CC1. The zero-order valence-electron chi connectivity index (χ0n) is 10.5. The molecule has 0 spiro atoms. The van der Waals surface area contributed by atoms with Crippen LogP contribution in [0.25, 0.3) is 0 Å². The number of ether oxygens (including phenoxy) is 1. The van der Waals surface area contributed by atoms with Crippen LogP contribution in [-0.2, 0) is 4.74 Å². The molecule has 2 atom stereocenters. The van der Waals surface area contributed by atoms with Crippen LogP contribution < -0.4 is 5.32 Å². The van der Waals surface area contributed by atoms with Gasteiger partial charge in [-0.1, -0.05) is 0 Å². The molecule has 0 bridgehead atoms. The lowest BCUT2D eigenvalue weighted by molar-refractivity contribution is 0.122. The average molecular weight is 214 g/mol. The normalized spacial score (nSPS) is 26.2. The van der Waals surface area contributed by atoms with Crippen LogP contribution in [0.2, 0.25) is 0 Å². The van der Waals surface area contributed by atoms with Crippen molar-refractivity contribution in [1.29, 1.82) is 0 Å². The third-order valence-corrected chi connectivity index (χ3v) is 3.04. The standard InChI is InChI=1S/C12H26N2O/c1-4-15-10-11(2)13-12-6-5-8-14(3)9-7-12/h11-13H,4-10H2,1-3H3. The van der Waals surface area contributed by atoms with Gasteiger partial charge >= 0.3 is 0 Å². The fourth-order valence-corrected chi connectivity index (χ4v) is 2.15. The van der Waals surface area contributed by atoms with Crippen LogP contribution in [0.15, 0.2) is 0 Å². The molecule has 0 amide bonds. The molecule has 3 heteroatoms. The van der Waals surface area contributed by atoms with E-state index in [0.29, 0.717) is 12.1 Å². The summed E-state index contributed by atoms with van der Waals surface area (Å²) in [6, 6.07) is 1.17. The summed E-state index contributed by atoms with van der Waals surface area (Å²) in [6.07, 6.45) is 3.89. The minimum Gasteiger partial charge on any atom is -0.380 e. The van der Waals surface area contributed by atoms with Gasteiger partial charge in [-0.05, 0) is 53.2 Å². The second-order valence-electron chi connectivity index (χ2n) is 4.66. The lowest BCUT2D eigenvalue weighted by Gasteiger charge is -2.21. The van der Waals surface area contributed by atoms with E-state index in [0.717, 1.165) is 13.2 Å². The van der Waals surface area contributed by atoms with Gasteiger partial charge < -0.3 is 15.0 Å². The second kappa shape index (κ2) is 7.20. The van der Waals surface area contributed by atoms with Crippen molar-refractivity contribution in [2.45, 2.75) is 45.2 Å². The van der Waals surface area contributed by atoms with Crippen molar-refractivity contribution < 1.29 is 4.74 Å². The first kappa shape index (κ1) is 12.9. The molecule has 0 aromatic heterocycles. The lowest BCUT2D eigenvalue weighted by Crippen LogP contribution is -2.39. The van der Waals surface area contributed by atoms with Gasteiger partial charge in [-0.15, -0.1) is 0 Å². The molecule has 1 fully saturated rings. The fraction of sp³-hybridized carbons (Fsp3) is 1.00. The summed E-state index contributed by atoms with van der Waals surface area (Å²) in [5, 5.41) is 3.66. The van der Waals surface area contributed by atoms with Gasteiger partial charge in [-0.25, -0.2) is 0 Å². The van der Waals surface area contributed by atoms with Crippen molar-refractivity contribution in [3.63, 3.8) is 0 Å². The van der Waals surface area contributed by atoms with Gasteiger partial charge in [0.1, 0.15) is 0 Å². The highest BCUT2D eigenvalue weighted by Gasteiger charge is 2.16. The van der Waals surface area contributed by atoms with Crippen molar-refractivity contribution in [2.24, 2.45) is 0 Å². The maximum atomic E-state index is 5.42. The number of hydrogen-bond donors (Lipinski definition) is 1. The zero-order valence-corrected chi connectivity index (χ0v) is 10.5. The molecule has 1 saturated heterocycles. The third kappa shape index (κ3) is 5.50. The summed E-state index contributed by atoms with van der Waals surface area (Å²) in [6.45, 7) is 8.39. The van der Waals surface area contributed by atoms with Crippen LogP contribution in [0.5, 0.6) is 0 Å². The molecule has 1 aliphatic rings. The molecule has 1 aliphatic heterocycles. The molecule has 1 heterocycles. The Kier molecular flexibility index (Phi) is 6.22. The molecule has 15 heavy (non-hydrogen) atoms. The highest BCUT2D eigenvalue weighted by atomic mass is 16.5. The van der Waals surface area contributed by atoms with Gasteiger partial charge in [0, 0.05) is 18.7 Å². The summed E-state index contributed by atoms with van der Waals surface area (Å²) in [5.41, 5.74) is 0. The lowest BCUT2D eigenvalue weighted by atomic mass is 10.1. The second-order valence-corrected chi connectivity index (χ2v) is 4.66. The molecule has 3 nitrogen and oxygen atoms in total. The Morgan fingerprint density at radius 3 is 2.93 bits per heavy atom. The van der Waals surface area contributed by atoms with Crippen molar-refractivity contribution in [2.75, 3.05) is 33.4 Å². The van der Waals surface area contributed by atoms with Gasteiger partial charge in [-0.2, -0.15) is 0 Å². The highest BCUT2D eigenvalue weighted by molar-refractivity contribution is 4.76. The van der Waals surface area contributed by atoms with E-state index in [2.05, 4.69) is 24.2 Å². The third-order valence-electron chi connectivity index (χ3n) is 3.04. The quantitative estimate of drug-likeness (QED) is 0.750. The van der Waals surface area contributed by atoms with Crippen LogP contribution in [0.1, 0.15) is 33.1 Å². The Morgan fingerprint density at radius 2 is 2.20 bits per heavy atom. The Hall–Kier alpha value is -0.120. The van der Waals surface area contributed by atoms with Gasteiger partial charge in [0.25, 0.3) is 0 Å². The van der Waals surface area contributed by atoms with Crippen molar-refractivity contribution in [3.8, 4) is 0 Å². The monoisotopic (exact) mass is 214 g/mol. The van der Waals surface area contributed by atoms with Gasteiger partial charge in [0.15, 0.2) is 0 Å². The maximum Gasteiger partial charge on any atom is 0.0616 e. The topological polar surface area (TPSA) is 24.5 Å². The van der Waals surface area contributed by atoms with E-state index in [1.165, 1.54) is 32.4 Å². The summed E-state index contributed by atoms with van der Waals surface area (Å²) >= 11 is 0. The number of hydrogen-bond acceptors (Lipinski definition) is 3. The predicted molar refractivity (Wildman–Crippen MR) is 64.2 cm³/mol. The minimum absolute atomic E-state index is 0.485. The maximum absolute atomic E-state index is 5.42. The molecule has 2 unspecified atom stereocenters. The predicted octanol–water partition coefficient (Wildman–Crippen LogP) is 1.49. The van der Waals surface area contributed by atoms with Crippen LogP contribution in [0, 0.1) is 0 Å². The molecular formula is C12H26N2O. The molecule has 0 radical (unpaired) electrons. The Labute approximate surface area is 94.2 Å². The first-order valence-electron chi connectivity index (χ1n) is 6.24. The first-order valence-corrected chi connectivity index (χ1v) is 6.24. The Balaban J connectivity index is 2.18. The van der Waals surface area contributed by atoms with E-state index < -0.39 is 0 Å². The highest BCUT2D eigenvalue weighted by Crippen LogP contribution is 2.10. The summed E-state index contributed by atoms with van der Waals surface area (Å²) in [5.74, 6) is 0. The van der Waals surface area contributed by atoms with Crippen molar-refractivity contribution >= 4 is 0 Å². The van der Waals surface area contributed by atoms with Crippen LogP contribution in [0.3, 0.4) is 0 Å². The summed E-state index contributed by atoms with van der Waals surface area (Å²) in [7, 11) is 2.21. The molecule has 0 aliphatic carbocycles. The fourth-order valence-electron chi connectivity index (χ4n) is 2.15. The molecule has 0 aromatic carbocycles. The van der Waals surface area contributed by atoms with Crippen molar-refractivity contribution in [3.05, 3.63) is 0 Å². The summed E-state index contributed by atoms with van der Waals surface area (Å²) < 4.78 is 5.42. The van der Waals surface area contributed by atoms with E-state index in [9.17, 15) is 0 Å². The van der Waals surface area contributed by atoms with Crippen LogP contribution in [0.4, 0.5) is 0 Å². The number of nitrogens with one attached hydrogen (secondary N) is 1. The summed E-state index contributed by atoms with van der Waals surface area (Å²) in [4.78, 5) is 2.43. The minimum atomic E-state index is 0.485. The molecule has 1 rings (SSSR count). The number of nitrogens with zero attached hydrogens (tertiary/aromatic N) is 1. The van der Waals surface area contributed by atoms with Crippen LogP contribution >= 0.6 is 0 Å². The molecule has 0 saturated carbocycles. The molecular weight excluding hydrogens is 188 g/mol. The van der Waals surface area contributed by atoms with E-state index in [4.69, 9.17) is 4.74 Å². The smallest absolute Gasteiger partial charge is 0.0616 e. The Bertz CT molecular complexity index is 164. The van der Waals surface area contributed by atoms with E-state index in [1.807, 2.05) is 6.92 Å². The average Bonchev–Trinajstić information content (AvgIpc) is 2.41. The molecule has 90 valence electrons. The van der Waals surface area contributed by atoms with Gasteiger partial charge in [-0.3, -0.25) is 0 Å². The van der Waals surface area contributed by atoms with Gasteiger partial charge in [0.2, 0.25) is 0 Å². The van der Waals surface area contributed by atoms with E-state index in [1.54, 1.807) is 0 Å². The number of rotatable bonds is 5. The number of likely N-dealkylation sites (tertiary alicyclic amines) is 1. The van der Waals surface area contributed by atoms with Gasteiger partial charge in [0.05, 0.1) is 6.61 Å². The first-order chi connectivity index (χ1) is 7.22. The zero-order chi connectivity index (χ0) is 11.1. The van der Waals surface area contributed by atoms with Crippen molar-refractivity contribution in [1.82, 2.24) is 10.2 Å². The largest absolute Gasteiger partial charge is 0.380 e. The molecule has 0 aromatic rings. The van der Waals surface area contributed by atoms with E-state index in [-0.39, 0.29) is 0 Å². The van der Waals surface area contributed by atoms with Crippen LogP contribution in [-0.4, -0.2) is 50.3 Å². The Morgan fingerprint density at radius 1 is 1.40 bits per heavy atom. The molecule has 1 N–H and O–H groups in total. The van der Waals surface area contributed by atoms with E-state index >= 15 is 0 Å².